The monoisotopic (exact) mass is 306 g/mol. The summed E-state index contributed by atoms with van der Waals surface area (Å²) in [6, 6.07) is 0. The molecule has 0 unspecified atom stereocenters. The molecule has 5 nitrogen and oxygen atoms in total. The van der Waals surface area contributed by atoms with Gasteiger partial charge in [0.15, 0.2) is 0 Å². The molecule has 2 heterocycles. The lowest BCUT2D eigenvalue weighted by molar-refractivity contribution is -0.147. The summed E-state index contributed by atoms with van der Waals surface area (Å²) in [6.07, 6.45) is 3.68. The number of fused-ring (bicyclic) bond motifs is 2. The number of allylic oxidation sites excluding steroid dienone is 1. The Hall–Kier alpha value is -1.62. The Labute approximate surface area is 130 Å². The van der Waals surface area contributed by atoms with E-state index in [-0.39, 0.29) is 29.7 Å². The second-order valence-electron chi connectivity index (χ2n) is 6.74. The van der Waals surface area contributed by atoms with E-state index in [1.54, 1.807) is 0 Å². The van der Waals surface area contributed by atoms with Crippen LogP contribution in [0.1, 0.15) is 40.0 Å². The minimum absolute atomic E-state index is 0.203. The molecule has 0 spiro atoms. The maximum absolute atomic E-state index is 12.0. The van der Waals surface area contributed by atoms with Crippen molar-refractivity contribution in [1.82, 2.24) is 0 Å². The van der Waals surface area contributed by atoms with E-state index in [1.807, 2.05) is 19.9 Å². The highest BCUT2D eigenvalue weighted by Gasteiger charge is 2.57. The van der Waals surface area contributed by atoms with Crippen molar-refractivity contribution in [2.24, 2.45) is 5.92 Å². The zero-order chi connectivity index (χ0) is 16.1. The van der Waals surface area contributed by atoms with Crippen LogP contribution in [0.5, 0.6) is 0 Å². The largest absolute Gasteiger partial charge is 0.458 e. The highest BCUT2D eigenvalue weighted by atomic mass is 16.6. The zero-order valence-corrected chi connectivity index (χ0v) is 13.3. The van der Waals surface area contributed by atoms with Crippen LogP contribution in [0.2, 0.25) is 0 Å². The van der Waals surface area contributed by atoms with Gasteiger partial charge >= 0.3 is 11.9 Å². The summed E-state index contributed by atoms with van der Waals surface area (Å²) in [7, 11) is 0. The van der Waals surface area contributed by atoms with E-state index < -0.39 is 12.1 Å². The number of epoxide rings is 1. The molecular weight excluding hydrogens is 284 g/mol. The predicted molar refractivity (Wildman–Crippen MR) is 79.0 cm³/mol. The standard InChI is InChI=1S/C17H22O5/c1-9-5-6-14-17(4,22-14)8-13-15(10(2)16(19)21-13)12(7-9)20-11(3)18/h7,12-15H,2,5-6,8H2,1,3-4H3/b9-7+/t12-,13-,14+,15-,17-/m1/s1. The molecule has 5 heteroatoms. The number of esters is 2. The van der Waals surface area contributed by atoms with Gasteiger partial charge in [0.25, 0.3) is 0 Å². The normalized spacial score (nSPS) is 43.3. The van der Waals surface area contributed by atoms with Gasteiger partial charge in [-0.15, -0.1) is 0 Å². The van der Waals surface area contributed by atoms with Gasteiger partial charge in [0.05, 0.1) is 17.6 Å². The second kappa shape index (κ2) is 5.23. The lowest BCUT2D eigenvalue weighted by Crippen LogP contribution is -2.35. The van der Waals surface area contributed by atoms with Crippen molar-refractivity contribution < 1.29 is 23.8 Å². The van der Waals surface area contributed by atoms with E-state index in [0.29, 0.717) is 12.0 Å². The van der Waals surface area contributed by atoms with Crippen LogP contribution >= 0.6 is 0 Å². The molecule has 0 saturated carbocycles. The van der Waals surface area contributed by atoms with Gasteiger partial charge in [-0.3, -0.25) is 4.79 Å². The fourth-order valence-electron chi connectivity index (χ4n) is 3.58. The third-order valence-corrected chi connectivity index (χ3v) is 4.87. The molecule has 1 aliphatic carbocycles. The molecule has 0 aromatic carbocycles. The third kappa shape index (κ3) is 2.70. The van der Waals surface area contributed by atoms with Crippen LogP contribution in [-0.2, 0) is 23.8 Å². The number of hydrogen-bond acceptors (Lipinski definition) is 5. The van der Waals surface area contributed by atoms with Crippen molar-refractivity contribution in [1.29, 1.82) is 0 Å². The smallest absolute Gasteiger partial charge is 0.334 e. The Bertz CT molecular complexity index is 563. The Morgan fingerprint density at radius 2 is 2.23 bits per heavy atom. The van der Waals surface area contributed by atoms with E-state index in [4.69, 9.17) is 14.2 Å². The van der Waals surface area contributed by atoms with Crippen LogP contribution in [0.4, 0.5) is 0 Å². The van der Waals surface area contributed by atoms with E-state index in [9.17, 15) is 9.59 Å². The van der Waals surface area contributed by atoms with Crippen molar-refractivity contribution >= 4 is 11.9 Å². The maximum atomic E-state index is 12.0. The van der Waals surface area contributed by atoms with E-state index in [2.05, 4.69) is 6.58 Å². The Kier molecular flexibility index (Phi) is 3.63. The average molecular weight is 306 g/mol. The topological polar surface area (TPSA) is 65.1 Å². The van der Waals surface area contributed by atoms with E-state index in [1.165, 1.54) is 6.92 Å². The van der Waals surface area contributed by atoms with Gasteiger partial charge in [-0.1, -0.05) is 12.2 Å². The number of carbonyl (C=O) groups excluding carboxylic acids is 2. The first-order valence-corrected chi connectivity index (χ1v) is 7.72. The molecule has 22 heavy (non-hydrogen) atoms. The number of hydrogen-bond donors (Lipinski definition) is 0. The molecule has 0 aromatic heterocycles. The van der Waals surface area contributed by atoms with E-state index in [0.717, 1.165) is 18.4 Å². The molecule has 0 amide bonds. The van der Waals surface area contributed by atoms with Crippen molar-refractivity contribution in [3.05, 3.63) is 23.8 Å². The third-order valence-electron chi connectivity index (χ3n) is 4.87. The summed E-state index contributed by atoms with van der Waals surface area (Å²) in [6.45, 7) is 9.28. The van der Waals surface area contributed by atoms with Gasteiger partial charge in [0, 0.05) is 18.9 Å². The summed E-state index contributed by atoms with van der Waals surface area (Å²) >= 11 is 0. The SMILES string of the molecule is C=C1C(=O)O[C@@H]2C[C@@]3(C)O[C@H]3CC/C(C)=C/[C@@H](OC(C)=O)[C@@H]12. The first-order valence-electron chi connectivity index (χ1n) is 7.72. The quantitative estimate of drug-likeness (QED) is 0.322. The fraction of sp³-hybridized carbons (Fsp3) is 0.647. The van der Waals surface area contributed by atoms with Crippen LogP contribution in [-0.4, -0.2) is 35.9 Å². The first-order chi connectivity index (χ1) is 10.3. The van der Waals surface area contributed by atoms with Crippen LogP contribution in [0.15, 0.2) is 23.8 Å². The lowest BCUT2D eigenvalue weighted by Gasteiger charge is -2.27. The predicted octanol–water partition coefficient (Wildman–Crippen LogP) is 2.30. The van der Waals surface area contributed by atoms with Gasteiger partial charge in [-0.2, -0.15) is 0 Å². The Morgan fingerprint density at radius 1 is 1.50 bits per heavy atom. The zero-order valence-electron chi connectivity index (χ0n) is 13.3. The fourth-order valence-corrected chi connectivity index (χ4v) is 3.58. The summed E-state index contributed by atoms with van der Waals surface area (Å²) in [5, 5.41) is 0. The van der Waals surface area contributed by atoms with Gasteiger partial charge in [-0.25, -0.2) is 4.79 Å². The molecule has 0 radical (unpaired) electrons. The maximum Gasteiger partial charge on any atom is 0.334 e. The van der Waals surface area contributed by atoms with Crippen molar-refractivity contribution in [2.75, 3.05) is 0 Å². The summed E-state index contributed by atoms with van der Waals surface area (Å²) in [5.74, 6) is -1.12. The molecule has 0 N–H and O–H groups in total. The molecule has 2 saturated heterocycles. The molecule has 120 valence electrons. The van der Waals surface area contributed by atoms with E-state index >= 15 is 0 Å². The minimum Gasteiger partial charge on any atom is -0.458 e. The van der Waals surface area contributed by atoms with Crippen LogP contribution < -0.4 is 0 Å². The second-order valence-corrected chi connectivity index (χ2v) is 6.74. The van der Waals surface area contributed by atoms with Gasteiger partial charge < -0.3 is 14.2 Å². The molecule has 3 rings (SSSR count). The Morgan fingerprint density at radius 3 is 2.91 bits per heavy atom. The molecular formula is C17H22O5. The number of ether oxygens (including phenoxy) is 3. The summed E-state index contributed by atoms with van der Waals surface area (Å²) < 4.78 is 16.8. The lowest BCUT2D eigenvalue weighted by atomic mass is 9.83. The molecule has 2 aliphatic heterocycles. The number of rotatable bonds is 1. The first kappa shape index (κ1) is 15.3. The molecule has 2 fully saturated rings. The average Bonchev–Trinajstić information content (AvgIpc) is 2.96. The van der Waals surface area contributed by atoms with Crippen molar-refractivity contribution in [3.8, 4) is 0 Å². The Balaban J connectivity index is 1.95. The van der Waals surface area contributed by atoms with Gasteiger partial charge in [0.1, 0.15) is 12.2 Å². The van der Waals surface area contributed by atoms with Gasteiger partial charge in [-0.05, 0) is 32.8 Å². The van der Waals surface area contributed by atoms with Crippen molar-refractivity contribution in [3.63, 3.8) is 0 Å². The van der Waals surface area contributed by atoms with Gasteiger partial charge in [0.2, 0.25) is 0 Å². The van der Waals surface area contributed by atoms with Crippen molar-refractivity contribution in [2.45, 2.75) is 63.9 Å². The van der Waals surface area contributed by atoms with Crippen LogP contribution in [0, 0.1) is 5.92 Å². The minimum atomic E-state index is -0.514. The highest BCUT2D eigenvalue weighted by Crippen LogP contribution is 2.48. The molecule has 3 aliphatic rings. The van der Waals surface area contributed by atoms with Crippen LogP contribution in [0.3, 0.4) is 0 Å². The van der Waals surface area contributed by atoms with Crippen LogP contribution in [0.25, 0.3) is 0 Å². The summed E-state index contributed by atoms with van der Waals surface area (Å²) in [5.41, 5.74) is 1.24. The number of carbonyl (C=O) groups is 2. The highest BCUT2D eigenvalue weighted by molar-refractivity contribution is 5.91. The summed E-state index contributed by atoms with van der Waals surface area (Å²) in [4.78, 5) is 23.4. The molecule has 5 atom stereocenters. The molecule has 0 aromatic rings. The molecule has 0 bridgehead atoms.